The third-order valence-corrected chi connectivity index (χ3v) is 8.93. The van der Waals surface area contributed by atoms with Crippen molar-refractivity contribution in [2.24, 2.45) is 0 Å². The van der Waals surface area contributed by atoms with Crippen molar-refractivity contribution in [1.82, 2.24) is 15.0 Å². The summed E-state index contributed by atoms with van der Waals surface area (Å²) in [6.07, 6.45) is 0. The summed E-state index contributed by atoms with van der Waals surface area (Å²) in [4.78, 5) is 14.8. The van der Waals surface area contributed by atoms with Crippen LogP contribution >= 0.6 is 11.3 Å². The molecule has 8 aromatic rings. The van der Waals surface area contributed by atoms with Crippen LogP contribution in [0.4, 0.5) is 0 Å². The van der Waals surface area contributed by atoms with E-state index < -0.39 is 0 Å². The number of rotatable bonds is 4. The molecule has 0 unspecified atom stereocenters. The number of fused-ring (bicyclic) bond motifs is 4. The van der Waals surface area contributed by atoms with Crippen molar-refractivity contribution in [2.75, 3.05) is 0 Å². The van der Waals surface area contributed by atoms with Crippen molar-refractivity contribution < 1.29 is 0 Å². The first-order valence-corrected chi connectivity index (χ1v) is 14.8. The molecule has 0 amide bonds. The lowest BCUT2D eigenvalue weighted by molar-refractivity contribution is 1.08. The van der Waals surface area contributed by atoms with Crippen molar-refractivity contribution in [3.05, 3.63) is 139 Å². The Morgan fingerprint density at radius 3 is 1.63 bits per heavy atom. The van der Waals surface area contributed by atoms with Crippen LogP contribution in [-0.4, -0.2) is 15.0 Å². The highest BCUT2D eigenvalue weighted by Crippen LogP contribution is 2.40. The lowest BCUT2D eigenvalue weighted by Gasteiger charge is -2.13. The van der Waals surface area contributed by atoms with Gasteiger partial charge in [-0.3, -0.25) is 0 Å². The zero-order valence-electron chi connectivity index (χ0n) is 22.9. The van der Waals surface area contributed by atoms with Crippen molar-refractivity contribution >= 4 is 42.3 Å². The van der Waals surface area contributed by atoms with Gasteiger partial charge in [0.15, 0.2) is 17.5 Å². The summed E-state index contributed by atoms with van der Waals surface area (Å²) in [6.45, 7) is 0. The van der Waals surface area contributed by atoms with Crippen molar-refractivity contribution in [3.63, 3.8) is 0 Å². The molecule has 0 aliphatic rings. The largest absolute Gasteiger partial charge is 0.208 e. The molecule has 2 aromatic heterocycles. The molecule has 6 aromatic carbocycles. The maximum atomic E-state index is 9.48. The van der Waals surface area contributed by atoms with Crippen LogP contribution in [-0.2, 0) is 0 Å². The number of nitrogens with zero attached hydrogens (tertiary/aromatic N) is 4. The quantitative estimate of drug-likeness (QED) is 0.213. The van der Waals surface area contributed by atoms with E-state index in [0.717, 1.165) is 44.0 Å². The second kappa shape index (κ2) is 10.3. The fraction of sp³-hybridized carbons (Fsp3) is 0. The molecule has 0 fully saturated rings. The number of thiophene rings is 1. The molecular formula is C38H22N4S. The lowest BCUT2D eigenvalue weighted by Crippen LogP contribution is -2.00. The Labute approximate surface area is 252 Å². The number of nitriles is 1. The summed E-state index contributed by atoms with van der Waals surface area (Å²) in [7, 11) is 0. The molecule has 0 saturated carbocycles. The monoisotopic (exact) mass is 566 g/mol. The molecule has 0 saturated heterocycles. The van der Waals surface area contributed by atoms with Gasteiger partial charge in [-0.25, -0.2) is 15.0 Å². The van der Waals surface area contributed by atoms with Crippen molar-refractivity contribution in [1.29, 1.82) is 5.26 Å². The Hall–Kier alpha value is -5.70. The average molecular weight is 567 g/mol. The minimum atomic E-state index is 0.638. The van der Waals surface area contributed by atoms with Gasteiger partial charge >= 0.3 is 0 Å². The molecule has 0 N–H and O–H groups in total. The molecule has 200 valence electrons. The normalized spacial score (nSPS) is 11.2. The molecule has 8 rings (SSSR count). The third-order valence-electron chi connectivity index (χ3n) is 7.77. The van der Waals surface area contributed by atoms with Gasteiger partial charge in [0.25, 0.3) is 0 Å². The van der Waals surface area contributed by atoms with Crippen LogP contribution in [0.25, 0.3) is 76.2 Å². The molecule has 0 atom stereocenters. The van der Waals surface area contributed by atoms with Gasteiger partial charge in [0.05, 0.1) is 11.6 Å². The van der Waals surface area contributed by atoms with Gasteiger partial charge in [0, 0.05) is 36.9 Å². The summed E-state index contributed by atoms with van der Waals surface area (Å²) in [5, 5.41) is 14.0. The van der Waals surface area contributed by atoms with Crippen LogP contribution < -0.4 is 0 Å². The first-order chi connectivity index (χ1) is 21.2. The Bertz CT molecular complexity index is 2300. The minimum Gasteiger partial charge on any atom is -0.208 e. The van der Waals surface area contributed by atoms with Crippen LogP contribution in [0.3, 0.4) is 0 Å². The molecule has 0 aliphatic heterocycles. The van der Waals surface area contributed by atoms with Gasteiger partial charge in [-0.05, 0) is 58.3 Å². The van der Waals surface area contributed by atoms with Crippen molar-refractivity contribution in [2.45, 2.75) is 0 Å². The molecule has 0 bridgehead atoms. The van der Waals surface area contributed by atoms with E-state index in [1.165, 1.54) is 14.8 Å². The van der Waals surface area contributed by atoms with Crippen LogP contribution in [0.1, 0.15) is 5.56 Å². The van der Waals surface area contributed by atoms with E-state index in [-0.39, 0.29) is 0 Å². The molecule has 0 spiro atoms. The Morgan fingerprint density at radius 1 is 0.442 bits per heavy atom. The molecule has 2 heterocycles. The highest BCUT2D eigenvalue weighted by atomic mass is 32.1. The van der Waals surface area contributed by atoms with Gasteiger partial charge in [0.1, 0.15) is 0 Å². The summed E-state index contributed by atoms with van der Waals surface area (Å²) in [5.41, 5.74) is 5.78. The van der Waals surface area contributed by atoms with Crippen LogP contribution in [0.2, 0.25) is 0 Å². The molecule has 5 heteroatoms. The van der Waals surface area contributed by atoms with Crippen LogP contribution in [0.15, 0.2) is 133 Å². The minimum absolute atomic E-state index is 0.638. The molecule has 0 radical (unpaired) electrons. The number of aromatic nitrogens is 3. The lowest BCUT2D eigenvalue weighted by atomic mass is 9.94. The summed E-state index contributed by atoms with van der Waals surface area (Å²) in [5.74, 6) is 1.92. The number of hydrogen-bond donors (Lipinski definition) is 0. The predicted molar refractivity (Wildman–Crippen MR) is 177 cm³/mol. The maximum absolute atomic E-state index is 9.48. The van der Waals surface area contributed by atoms with E-state index in [2.05, 4.69) is 60.7 Å². The van der Waals surface area contributed by atoms with Crippen molar-refractivity contribution in [3.8, 4) is 51.4 Å². The summed E-state index contributed by atoms with van der Waals surface area (Å²) in [6, 6.07) is 47.7. The molecule has 43 heavy (non-hydrogen) atoms. The standard InChI is InChI=1S/C38H22N4S/c39-23-24-15-19-34-32(21-24)33-22-27(16-20-35(33)43-34)28-17-18-31(30-14-8-7-13-29(28)30)38-41-36(25-9-3-1-4-10-25)40-37(42-38)26-11-5-2-6-12-26/h1-22H. The van der Waals surface area contributed by atoms with Gasteiger partial charge in [-0.2, -0.15) is 5.26 Å². The average Bonchev–Trinajstić information content (AvgIpc) is 3.45. The van der Waals surface area contributed by atoms with E-state index in [1.807, 2.05) is 78.9 Å². The van der Waals surface area contributed by atoms with E-state index >= 15 is 0 Å². The zero-order chi connectivity index (χ0) is 28.8. The van der Waals surface area contributed by atoms with Gasteiger partial charge < -0.3 is 0 Å². The Morgan fingerprint density at radius 2 is 0.977 bits per heavy atom. The molecule has 0 aliphatic carbocycles. The summed E-state index contributed by atoms with van der Waals surface area (Å²) < 4.78 is 2.39. The number of hydrogen-bond acceptors (Lipinski definition) is 5. The molecular weight excluding hydrogens is 545 g/mol. The highest BCUT2D eigenvalue weighted by molar-refractivity contribution is 7.25. The first kappa shape index (κ1) is 25.0. The van der Waals surface area contributed by atoms with E-state index in [4.69, 9.17) is 15.0 Å². The van der Waals surface area contributed by atoms with Crippen LogP contribution in [0, 0.1) is 11.3 Å². The molecule has 4 nitrogen and oxygen atoms in total. The van der Waals surface area contributed by atoms with Gasteiger partial charge in [-0.15, -0.1) is 11.3 Å². The van der Waals surface area contributed by atoms with E-state index in [0.29, 0.717) is 23.0 Å². The first-order valence-electron chi connectivity index (χ1n) is 14.0. The second-order valence-corrected chi connectivity index (χ2v) is 11.5. The van der Waals surface area contributed by atoms with Crippen LogP contribution in [0.5, 0.6) is 0 Å². The van der Waals surface area contributed by atoms with E-state index in [9.17, 15) is 5.26 Å². The fourth-order valence-electron chi connectivity index (χ4n) is 5.69. The summed E-state index contributed by atoms with van der Waals surface area (Å²) >= 11 is 1.76. The SMILES string of the molecule is N#Cc1ccc2sc3ccc(-c4ccc(-c5nc(-c6ccccc6)nc(-c6ccccc6)n5)c5ccccc45)cc3c2c1. The van der Waals surface area contributed by atoms with Gasteiger partial charge in [0.2, 0.25) is 0 Å². The maximum Gasteiger partial charge on any atom is 0.164 e. The third kappa shape index (κ3) is 4.42. The van der Waals surface area contributed by atoms with Gasteiger partial charge in [-0.1, -0.05) is 97.1 Å². The highest BCUT2D eigenvalue weighted by Gasteiger charge is 2.16. The fourth-order valence-corrected chi connectivity index (χ4v) is 6.76. The number of benzene rings is 6. The smallest absolute Gasteiger partial charge is 0.164 e. The zero-order valence-corrected chi connectivity index (χ0v) is 23.7. The Kier molecular flexibility index (Phi) is 5.99. The predicted octanol–water partition coefficient (Wildman–Crippen LogP) is 9.93. The second-order valence-electron chi connectivity index (χ2n) is 10.4. The van der Waals surface area contributed by atoms with E-state index in [1.54, 1.807) is 11.3 Å². The Balaban J connectivity index is 1.32. The topological polar surface area (TPSA) is 62.5 Å².